The lowest BCUT2D eigenvalue weighted by Crippen LogP contribution is -2.38. The fraction of sp³-hybridized carbons (Fsp3) is 0.133. The summed E-state index contributed by atoms with van der Waals surface area (Å²) in [5, 5.41) is 5.67. The molecule has 0 radical (unpaired) electrons. The first kappa shape index (κ1) is 24.7. The number of hydrogen-bond donors (Lipinski definition) is 2. The molecule has 182 valence electrons. The Morgan fingerprint density at radius 2 is 1.25 bits per heavy atom. The number of nitrogens with one attached hydrogen (secondary N) is 2. The van der Waals surface area contributed by atoms with E-state index in [0.717, 1.165) is 11.1 Å². The number of amides is 3. The summed E-state index contributed by atoms with van der Waals surface area (Å²) in [7, 11) is 0. The van der Waals surface area contributed by atoms with Crippen LogP contribution in [0.2, 0.25) is 0 Å². The number of para-hydroxylation sites is 2. The Bertz CT molecular complexity index is 1230. The van der Waals surface area contributed by atoms with Crippen LogP contribution >= 0.6 is 0 Å². The van der Waals surface area contributed by atoms with Crippen LogP contribution in [0.3, 0.4) is 0 Å². The predicted molar refractivity (Wildman–Crippen MR) is 142 cm³/mol. The molecule has 0 unspecified atom stereocenters. The van der Waals surface area contributed by atoms with Gasteiger partial charge < -0.3 is 10.6 Å². The first-order valence-electron chi connectivity index (χ1n) is 11.9. The zero-order valence-corrected chi connectivity index (χ0v) is 19.8. The molecule has 0 aromatic heterocycles. The summed E-state index contributed by atoms with van der Waals surface area (Å²) in [4.78, 5) is 27.8. The van der Waals surface area contributed by atoms with E-state index in [1.807, 2.05) is 91.0 Å². The average molecular weight is 482 g/mol. The molecule has 0 bridgehead atoms. The normalized spacial score (nSPS) is 10.6. The number of urea groups is 1. The molecule has 0 heterocycles. The van der Waals surface area contributed by atoms with Crippen molar-refractivity contribution in [3.05, 3.63) is 132 Å². The van der Waals surface area contributed by atoms with Gasteiger partial charge in [0.1, 0.15) is 5.82 Å². The van der Waals surface area contributed by atoms with Gasteiger partial charge >= 0.3 is 6.03 Å². The van der Waals surface area contributed by atoms with Crippen molar-refractivity contribution in [3.8, 4) is 0 Å². The van der Waals surface area contributed by atoms with E-state index in [1.165, 1.54) is 12.1 Å². The minimum Gasteiger partial charge on any atom is -0.355 e. The molecule has 4 rings (SSSR count). The fourth-order valence-electron chi connectivity index (χ4n) is 4.04. The summed E-state index contributed by atoms with van der Waals surface area (Å²) in [6, 6.07) is 34.1. The minimum absolute atomic E-state index is 0.102. The Hall–Kier alpha value is -4.45. The molecule has 6 heteroatoms. The summed E-state index contributed by atoms with van der Waals surface area (Å²) in [5.41, 5.74) is 2.63. The van der Waals surface area contributed by atoms with E-state index < -0.39 is 17.8 Å². The Morgan fingerprint density at radius 3 is 1.83 bits per heavy atom. The molecule has 36 heavy (non-hydrogen) atoms. The van der Waals surface area contributed by atoms with Crippen LogP contribution in [0.1, 0.15) is 23.5 Å². The van der Waals surface area contributed by atoms with Gasteiger partial charge in [0, 0.05) is 18.8 Å². The van der Waals surface area contributed by atoms with Crippen molar-refractivity contribution in [2.75, 3.05) is 23.3 Å². The van der Waals surface area contributed by atoms with Gasteiger partial charge in [-0.3, -0.25) is 9.69 Å². The first-order valence-corrected chi connectivity index (χ1v) is 11.9. The van der Waals surface area contributed by atoms with Crippen molar-refractivity contribution < 1.29 is 14.0 Å². The standard InChI is InChI=1S/C30H28FN3O2/c31-26-19-10-11-20-27(26)33-30(36)34(25-17-8-3-9-18-25)22-12-21-32-29(35)28(23-13-4-1-5-14-23)24-15-6-2-7-16-24/h1-11,13-20,28H,12,21-22H2,(H,32,35)(H,33,36). The molecule has 0 aliphatic heterocycles. The lowest BCUT2D eigenvalue weighted by Gasteiger charge is -2.24. The number of halogens is 1. The third-order valence-corrected chi connectivity index (χ3v) is 5.81. The quantitative estimate of drug-likeness (QED) is 0.280. The molecule has 0 saturated heterocycles. The van der Waals surface area contributed by atoms with Crippen LogP contribution in [0.4, 0.5) is 20.6 Å². The summed E-state index contributed by atoms with van der Waals surface area (Å²) < 4.78 is 14.1. The molecule has 4 aromatic rings. The van der Waals surface area contributed by atoms with Crippen molar-refractivity contribution in [2.24, 2.45) is 0 Å². The topological polar surface area (TPSA) is 61.4 Å². The lowest BCUT2D eigenvalue weighted by molar-refractivity contribution is -0.121. The van der Waals surface area contributed by atoms with E-state index >= 15 is 0 Å². The van der Waals surface area contributed by atoms with Crippen LogP contribution in [0, 0.1) is 5.82 Å². The van der Waals surface area contributed by atoms with Crippen LogP contribution in [0.5, 0.6) is 0 Å². The van der Waals surface area contributed by atoms with Crippen LogP contribution in [0.25, 0.3) is 0 Å². The van der Waals surface area contributed by atoms with Gasteiger partial charge in [-0.1, -0.05) is 91.0 Å². The molecule has 0 fully saturated rings. The third-order valence-electron chi connectivity index (χ3n) is 5.81. The minimum atomic E-state index is -0.501. The van der Waals surface area contributed by atoms with Gasteiger partial charge in [0.15, 0.2) is 0 Å². The van der Waals surface area contributed by atoms with Gasteiger partial charge in [-0.25, -0.2) is 9.18 Å². The van der Waals surface area contributed by atoms with Crippen LogP contribution in [-0.4, -0.2) is 25.0 Å². The van der Waals surface area contributed by atoms with Crippen molar-refractivity contribution in [1.29, 1.82) is 0 Å². The van der Waals surface area contributed by atoms with Crippen LogP contribution < -0.4 is 15.5 Å². The second kappa shape index (κ2) is 12.3. The van der Waals surface area contributed by atoms with E-state index in [-0.39, 0.29) is 11.6 Å². The zero-order chi connectivity index (χ0) is 25.2. The maximum absolute atomic E-state index is 14.1. The molecule has 0 saturated carbocycles. The highest BCUT2D eigenvalue weighted by Crippen LogP contribution is 2.25. The monoisotopic (exact) mass is 481 g/mol. The highest BCUT2D eigenvalue weighted by molar-refractivity contribution is 6.01. The predicted octanol–water partition coefficient (Wildman–Crippen LogP) is 6.20. The maximum atomic E-state index is 14.1. The van der Waals surface area contributed by atoms with Gasteiger partial charge in [0.25, 0.3) is 0 Å². The molecule has 4 aromatic carbocycles. The smallest absolute Gasteiger partial charge is 0.326 e. The van der Waals surface area contributed by atoms with Crippen molar-refractivity contribution in [3.63, 3.8) is 0 Å². The zero-order valence-electron chi connectivity index (χ0n) is 19.8. The molecule has 0 spiro atoms. The second-order valence-electron chi connectivity index (χ2n) is 8.30. The molecular weight excluding hydrogens is 453 g/mol. The molecule has 2 N–H and O–H groups in total. The highest BCUT2D eigenvalue weighted by atomic mass is 19.1. The molecule has 5 nitrogen and oxygen atoms in total. The highest BCUT2D eigenvalue weighted by Gasteiger charge is 2.22. The number of carbonyl (C=O) groups excluding carboxylic acids is 2. The Labute approximate surface area is 210 Å². The number of hydrogen-bond acceptors (Lipinski definition) is 2. The third kappa shape index (κ3) is 6.36. The number of rotatable bonds is 9. The molecule has 0 aliphatic rings. The number of nitrogens with zero attached hydrogens (tertiary/aromatic N) is 1. The summed E-state index contributed by atoms with van der Waals surface area (Å²) in [6.45, 7) is 0.719. The van der Waals surface area contributed by atoms with E-state index in [9.17, 15) is 14.0 Å². The number of benzene rings is 4. The Morgan fingerprint density at radius 1 is 0.722 bits per heavy atom. The SMILES string of the molecule is O=C(NCCCN(C(=O)Nc1ccccc1F)c1ccccc1)C(c1ccccc1)c1ccccc1. The van der Waals surface area contributed by atoms with Gasteiger partial charge in [0.05, 0.1) is 11.6 Å². The van der Waals surface area contributed by atoms with E-state index in [2.05, 4.69) is 10.6 Å². The second-order valence-corrected chi connectivity index (χ2v) is 8.30. The molecule has 0 atom stereocenters. The van der Waals surface area contributed by atoms with E-state index in [0.29, 0.717) is 25.2 Å². The van der Waals surface area contributed by atoms with Crippen LogP contribution in [0.15, 0.2) is 115 Å². The van der Waals surface area contributed by atoms with E-state index in [1.54, 1.807) is 17.0 Å². The lowest BCUT2D eigenvalue weighted by atomic mass is 9.90. The van der Waals surface area contributed by atoms with Gasteiger partial charge in [-0.05, 0) is 41.8 Å². The Balaban J connectivity index is 1.42. The summed E-state index contributed by atoms with van der Waals surface area (Å²) >= 11 is 0. The van der Waals surface area contributed by atoms with Crippen molar-refractivity contribution >= 4 is 23.3 Å². The van der Waals surface area contributed by atoms with Crippen molar-refractivity contribution in [1.82, 2.24) is 5.32 Å². The summed E-state index contributed by atoms with van der Waals surface area (Å²) in [6.07, 6.45) is 0.516. The van der Waals surface area contributed by atoms with Gasteiger partial charge in [-0.15, -0.1) is 0 Å². The van der Waals surface area contributed by atoms with Crippen LogP contribution in [-0.2, 0) is 4.79 Å². The fourth-order valence-corrected chi connectivity index (χ4v) is 4.04. The van der Waals surface area contributed by atoms with Gasteiger partial charge in [0.2, 0.25) is 5.91 Å². The molecular formula is C30H28FN3O2. The average Bonchev–Trinajstić information content (AvgIpc) is 2.92. The maximum Gasteiger partial charge on any atom is 0.326 e. The van der Waals surface area contributed by atoms with Crippen molar-refractivity contribution in [2.45, 2.75) is 12.3 Å². The molecule has 3 amide bonds. The van der Waals surface area contributed by atoms with Gasteiger partial charge in [-0.2, -0.15) is 0 Å². The van der Waals surface area contributed by atoms with E-state index in [4.69, 9.17) is 0 Å². The molecule has 0 aliphatic carbocycles. The summed E-state index contributed by atoms with van der Waals surface area (Å²) in [5.74, 6) is -1.03. The number of anilines is 2. The Kier molecular flexibility index (Phi) is 8.44. The number of carbonyl (C=O) groups is 2. The first-order chi connectivity index (χ1) is 17.6. The largest absolute Gasteiger partial charge is 0.355 e.